The van der Waals surface area contributed by atoms with E-state index in [9.17, 15) is 19.8 Å². The normalized spacial score (nSPS) is 12.9. The second kappa shape index (κ2) is 34.2. The molecule has 0 aliphatic carbocycles. The van der Waals surface area contributed by atoms with E-state index < -0.39 is 11.9 Å². The van der Waals surface area contributed by atoms with E-state index in [1.165, 1.54) is 166 Å². The van der Waals surface area contributed by atoms with Crippen molar-refractivity contribution in [2.45, 2.75) is 206 Å². The van der Waals surface area contributed by atoms with Gasteiger partial charge in [0.2, 0.25) is 0 Å². The van der Waals surface area contributed by atoms with Gasteiger partial charge < -0.3 is 10.2 Å². The number of thioether (sulfide) groups is 1. The summed E-state index contributed by atoms with van der Waals surface area (Å²) in [5, 5.41) is 19.3. The Hall–Kier alpha value is -0.710. The van der Waals surface area contributed by atoms with Crippen molar-refractivity contribution >= 4 is 23.7 Å². The summed E-state index contributed by atoms with van der Waals surface area (Å²) < 4.78 is 0. The zero-order chi connectivity index (χ0) is 31.6. The predicted octanol–water partition coefficient (Wildman–Crippen LogP) is 12.9. The molecule has 256 valence electrons. The third kappa shape index (κ3) is 31.1. The summed E-state index contributed by atoms with van der Waals surface area (Å²) in [6, 6.07) is 0. The van der Waals surface area contributed by atoms with E-state index in [0.717, 1.165) is 38.5 Å². The number of carbonyl (C=O) groups is 2. The van der Waals surface area contributed by atoms with Crippen LogP contribution in [-0.4, -0.2) is 33.7 Å². The second-order valence-corrected chi connectivity index (χ2v) is 14.5. The minimum atomic E-state index is -0.721. The Morgan fingerprint density at radius 1 is 0.395 bits per heavy atom. The number of carboxylic acids is 2. The van der Waals surface area contributed by atoms with Crippen LogP contribution in [0.3, 0.4) is 0 Å². The Labute approximate surface area is 272 Å². The van der Waals surface area contributed by atoms with Gasteiger partial charge in [0.25, 0.3) is 0 Å². The molecule has 0 aliphatic heterocycles. The van der Waals surface area contributed by atoms with Crippen molar-refractivity contribution < 1.29 is 19.8 Å². The first kappa shape index (κ1) is 42.3. The van der Waals surface area contributed by atoms with Crippen LogP contribution >= 0.6 is 11.8 Å². The van der Waals surface area contributed by atoms with Gasteiger partial charge in [-0.15, -0.1) is 0 Å². The first-order valence-electron chi connectivity index (χ1n) is 19.1. The summed E-state index contributed by atoms with van der Waals surface area (Å²) in [6.45, 7) is 4.54. The molecule has 0 amide bonds. The van der Waals surface area contributed by atoms with Crippen LogP contribution in [0.5, 0.6) is 0 Å². The molecule has 2 unspecified atom stereocenters. The molecule has 4 nitrogen and oxygen atoms in total. The minimum absolute atomic E-state index is 0.349. The molecule has 0 aromatic carbocycles. The fourth-order valence-electron chi connectivity index (χ4n) is 6.08. The zero-order valence-corrected chi connectivity index (χ0v) is 29.7. The highest BCUT2D eigenvalue weighted by Gasteiger charge is 2.21. The van der Waals surface area contributed by atoms with Crippen LogP contribution in [0.4, 0.5) is 0 Å². The lowest BCUT2D eigenvalue weighted by Crippen LogP contribution is -2.20. The molecule has 43 heavy (non-hydrogen) atoms. The molecule has 5 heteroatoms. The molecular weight excluding hydrogens is 552 g/mol. The summed E-state index contributed by atoms with van der Waals surface area (Å²) in [4.78, 5) is 23.5. The number of carboxylic acid groups (broad SMARTS) is 2. The quantitative estimate of drug-likeness (QED) is 0.0677. The van der Waals surface area contributed by atoms with Crippen molar-refractivity contribution in [1.29, 1.82) is 0 Å². The minimum Gasteiger partial charge on any atom is -0.481 e. The first-order valence-corrected chi connectivity index (χ1v) is 20.2. The van der Waals surface area contributed by atoms with E-state index in [2.05, 4.69) is 13.8 Å². The number of hydrogen-bond acceptors (Lipinski definition) is 3. The van der Waals surface area contributed by atoms with Crippen molar-refractivity contribution in [3.8, 4) is 0 Å². The van der Waals surface area contributed by atoms with Gasteiger partial charge >= 0.3 is 11.9 Å². The summed E-state index contributed by atoms with van der Waals surface area (Å²) in [6.07, 6.45) is 38.0. The van der Waals surface area contributed by atoms with E-state index in [1.807, 2.05) is 0 Å². The van der Waals surface area contributed by atoms with Crippen molar-refractivity contribution in [2.75, 3.05) is 11.5 Å². The molecule has 0 aromatic heterocycles. The fourth-order valence-corrected chi connectivity index (χ4v) is 7.40. The maximum atomic E-state index is 11.8. The lowest BCUT2D eigenvalue weighted by Gasteiger charge is -2.15. The molecule has 2 atom stereocenters. The van der Waals surface area contributed by atoms with Gasteiger partial charge in [-0.3, -0.25) is 9.59 Å². The van der Waals surface area contributed by atoms with Crippen LogP contribution in [0.1, 0.15) is 206 Å². The topological polar surface area (TPSA) is 74.6 Å². The molecule has 0 spiro atoms. The maximum Gasteiger partial charge on any atom is 0.307 e. The lowest BCUT2D eigenvalue weighted by molar-refractivity contribution is -0.141. The van der Waals surface area contributed by atoms with Crippen LogP contribution in [0.15, 0.2) is 0 Å². The zero-order valence-electron chi connectivity index (χ0n) is 28.9. The molecule has 0 rings (SSSR count). The Balaban J connectivity index is 3.74. The molecule has 0 saturated heterocycles. The lowest BCUT2D eigenvalue weighted by atomic mass is 10.0. The van der Waals surface area contributed by atoms with E-state index in [-0.39, 0.29) is 11.8 Å². The van der Waals surface area contributed by atoms with Gasteiger partial charge in [-0.2, -0.15) is 11.8 Å². The summed E-state index contributed by atoms with van der Waals surface area (Å²) >= 11 is 1.54. The van der Waals surface area contributed by atoms with Gasteiger partial charge in [-0.1, -0.05) is 194 Å². The molecule has 0 aliphatic rings. The number of rotatable bonds is 36. The van der Waals surface area contributed by atoms with E-state index in [0.29, 0.717) is 11.5 Å². The Bertz CT molecular complexity index is 546. The maximum absolute atomic E-state index is 11.8. The average Bonchev–Trinajstić information content (AvgIpc) is 2.99. The molecule has 0 bridgehead atoms. The van der Waals surface area contributed by atoms with Crippen LogP contribution in [0.25, 0.3) is 0 Å². The number of aliphatic carboxylic acids is 2. The van der Waals surface area contributed by atoms with Crippen LogP contribution in [-0.2, 0) is 9.59 Å². The largest absolute Gasteiger partial charge is 0.481 e. The van der Waals surface area contributed by atoms with Gasteiger partial charge in [0.15, 0.2) is 0 Å². The molecule has 0 saturated carbocycles. The predicted molar refractivity (Wildman–Crippen MR) is 189 cm³/mol. The first-order chi connectivity index (χ1) is 21.0. The van der Waals surface area contributed by atoms with Crippen molar-refractivity contribution in [3.05, 3.63) is 0 Å². The summed E-state index contributed by atoms with van der Waals surface area (Å²) in [5.74, 6) is -1.06. The summed E-state index contributed by atoms with van der Waals surface area (Å²) in [7, 11) is 0. The standard InChI is InChI=1S/C38H74O4S/c1-3-5-7-9-11-13-15-17-19-21-23-25-27-29-31-35(37(39)40)33-43-34-36(38(41)42)32-30-28-26-24-22-20-18-16-14-12-10-8-6-4-2/h35-36H,3-34H2,1-2H3,(H,39,40)(H,41,42). The van der Waals surface area contributed by atoms with E-state index in [1.54, 1.807) is 0 Å². The highest BCUT2D eigenvalue weighted by molar-refractivity contribution is 7.99. The second-order valence-electron chi connectivity index (χ2n) is 13.4. The highest BCUT2D eigenvalue weighted by atomic mass is 32.2. The monoisotopic (exact) mass is 627 g/mol. The Morgan fingerprint density at radius 3 is 0.814 bits per heavy atom. The van der Waals surface area contributed by atoms with Crippen molar-refractivity contribution in [1.82, 2.24) is 0 Å². The third-order valence-electron chi connectivity index (χ3n) is 9.15. The van der Waals surface area contributed by atoms with Crippen LogP contribution in [0, 0.1) is 11.8 Å². The molecular formula is C38H74O4S. The van der Waals surface area contributed by atoms with Gasteiger partial charge in [0.1, 0.15) is 0 Å². The van der Waals surface area contributed by atoms with Gasteiger partial charge in [0, 0.05) is 11.5 Å². The van der Waals surface area contributed by atoms with E-state index in [4.69, 9.17) is 0 Å². The van der Waals surface area contributed by atoms with Gasteiger partial charge in [0.05, 0.1) is 11.8 Å². The number of hydrogen-bond donors (Lipinski definition) is 2. The van der Waals surface area contributed by atoms with Crippen LogP contribution in [0.2, 0.25) is 0 Å². The fraction of sp³-hybridized carbons (Fsp3) is 0.947. The third-order valence-corrected chi connectivity index (χ3v) is 10.4. The van der Waals surface area contributed by atoms with Crippen LogP contribution < -0.4 is 0 Å². The molecule has 2 N–H and O–H groups in total. The molecule has 0 heterocycles. The van der Waals surface area contributed by atoms with Gasteiger partial charge in [-0.05, 0) is 12.8 Å². The SMILES string of the molecule is CCCCCCCCCCCCCCCCC(CSCC(CCCCCCCCCCCCCCCC)C(=O)O)C(=O)O. The van der Waals surface area contributed by atoms with Gasteiger partial charge in [-0.25, -0.2) is 0 Å². The van der Waals surface area contributed by atoms with Crippen molar-refractivity contribution in [3.63, 3.8) is 0 Å². The molecule has 0 aromatic rings. The van der Waals surface area contributed by atoms with E-state index >= 15 is 0 Å². The molecule has 0 radical (unpaired) electrons. The summed E-state index contributed by atoms with van der Waals surface area (Å²) in [5.41, 5.74) is 0. The van der Waals surface area contributed by atoms with Crippen molar-refractivity contribution in [2.24, 2.45) is 11.8 Å². The highest BCUT2D eigenvalue weighted by Crippen LogP contribution is 2.23. The number of unbranched alkanes of at least 4 members (excludes halogenated alkanes) is 26. The Morgan fingerprint density at radius 2 is 0.605 bits per heavy atom. The smallest absolute Gasteiger partial charge is 0.307 e. The average molecular weight is 627 g/mol. The molecule has 0 fully saturated rings. The Kier molecular flexibility index (Phi) is 33.6.